The second-order valence-corrected chi connectivity index (χ2v) is 4.92. The summed E-state index contributed by atoms with van der Waals surface area (Å²) in [7, 11) is 0. The molecule has 1 amide bonds. The highest BCUT2D eigenvalue weighted by atomic mass is 79.9. The van der Waals surface area contributed by atoms with Gasteiger partial charge in [0.1, 0.15) is 0 Å². The molecule has 18 heavy (non-hydrogen) atoms. The lowest BCUT2D eigenvalue weighted by Gasteiger charge is -2.19. The van der Waals surface area contributed by atoms with Crippen LogP contribution in [0.5, 0.6) is 0 Å². The van der Waals surface area contributed by atoms with E-state index in [1.165, 1.54) is 0 Å². The first kappa shape index (κ1) is 13.1. The van der Waals surface area contributed by atoms with Crippen molar-refractivity contribution in [1.82, 2.24) is 4.90 Å². The van der Waals surface area contributed by atoms with Crippen molar-refractivity contribution in [3.05, 3.63) is 46.4 Å². The molecule has 0 spiro atoms. The van der Waals surface area contributed by atoms with Gasteiger partial charge in [-0.15, -0.1) is 0 Å². The van der Waals surface area contributed by atoms with Gasteiger partial charge in [0.25, 0.3) is 5.91 Å². The van der Waals surface area contributed by atoms with E-state index in [9.17, 15) is 4.79 Å². The highest BCUT2D eigenvalue weighted by Gasteiger charge is 2.16. The maximum absolute atomic E-state index is 12.4. The lowest BCUT2D eigenvalue weighted by molar-refractivity contribution is 0.0772. The van der Waals surface area contributed by atoms with Crippen LogP contribution in [-0.2, 0) is 0 Å². The fourth-order valence-electron chi connectivity index (χ4n) is 2.08. The number of carbonyl (C=O) groups is 1. The van der Waals surface area contributed by atoms with Crippen LogP contribution in [0.25, 0.3) is 10.8 Å². The summed E-state index contributed by atoms with van der Waals surface area (Å²) in [6, 6.07) is 12.0. The Hall–Kier alpha value is -1.35. The van der Waals surface area contributed by atoms with Gasteiger partial charge < -0.3 is 4.90 Å². The molecular weight excluding hydrogens is 290 g/mol. The smallest absolute Gasteiger partial charge is 0.255 e. The summed E-state index contributed by atoms with van der Waals surface area (Å²) in [5.74, 6) is 0.0811. The summed E-state index contributed by atoms with van der Waals surface area (Å²) in [6.07, 6.45) is 0. The number of benzene rings is 2. The molecule has 0 aliphatic carbocycles. The Balaban J connectivity index is 2.52. The third kappa shape index (κ3) is 2.27. The zero-order valence-electron chi connectivity index (χ0n) is 10.6. The fourth-order valence-corrected chi connectivity index (χ4v) is 2.74. The van der Waals surface area contributed by atoms with Crippen molar-refractivity contribution >= 4 is 32.6 Å². The van der Waals surface area contributed by atoms with Gasteiger partial charge in [-0.1, -0.05) is 30.3 Å². The van der Waals surface area contributed by atoms with Gasteiger partial charge in [-0.3, -0.25) is 4.79 Å². The molecule has 0 radical (unpaired) electrons. The monoisotopic (exact) mass is 305 g/mol. The molecule has 2 rings (SSSR count). The largest absolute Gasteiger partial charge is 0.339 e. The van der Waals surface area contributed by atoms with E-state index in [4.69, 9.17) is 0 Å². The van der Waals surface area contributed by atoms with Gasteiger partial charge >= 0.3 is 0 Å². The summed E-state index contributed by atoms with van der Waals surface area (Å²) in [4.78, 5) is 14.2. The number of nitrogens with zero attached hydrogens (tertiary/aromatic N) is 1. The lowest BCUT2D eigenvalue weighted by Crippen LogP contribution is -2.30. The van der Waals surface area contributed by atoms with Gasteiger partial charge in [0, 0.05) is 17.6 Å². The van der Waals surface area contributed by atoms with E-state index in [0.29, 0.717) is 0 Å². The van der Waals surface area contributed by atoms with E-state index in [-0.39, 0.29) is 5.91 Å². The number of fused-ring (bicyclic) bond motifs is 1. The van der Waals surface area contributed by atoms with E-state index < -0.39 is 0 Å². The van der Waals surface area contributed by atoms with E-state index >= 15 is 0 Å². The van der Waals surface area contributed by atoms with Gasteiger partial charge in [-0.05, 0) is 46.6 Å². The predicted octanol–water partition coefficient (Wildman–Crippen LogP) is 4.08. The molecule has 2 aromatic rings. The molecule has 0 aliphatic heterocycles. The maximum Gasteiger partial charge on any atom is 0.255 e. The number of carbonyl (C=O) groups excluding carboxylic acids is 1. The Kier molecular flexibility index (Phi) is 4.02. The zero-order chi connectivity index (χ0) is 13.1. The topological polar surface area (TPSA) is 20.3 Å². The van der Waals surface area contributed by atoms with Gasteiger partial charge in [0.2, 0.25) is 0 Å². The number of halogens is 1. The minimum Gasteiger partial charge on any atom is -0.339 e. The highest BCUT2D eigenvalue weighted by molar-refractivity contribution is 9.10. The van der Waals surface area contributed by atoms with Gasteiger partial charge in [0.15, 0.2) is 0 Å². The van der Waals surface area contributed by atoms with Crippen molar-refractivity contribution in [2.24, 2.45) is 0 Å². The highest BCUT2D eigenvalue weighted by Crippen LogP contribution is 2.28. The summed E-state index contributed by atoms with van der Waals surface area (Å²) < 4.78 is 0.887. The Morgan fingerprint density at radius 3 is 2.44 bits per heavy atom. The first-order valence-electron chi connectivity index (χ1n) is 6.15. The van der Waals surface area contributed by atoms with Crippen LogP contribution in [0.15, 0.2) is 40.9 Å². The molecule has 0 heterocycles. The van der Waals surface area contributed by atoms with Crippen LogP contribution in [0.1, 0.15) is 24.2 Å². The third-order valence-electron chi connectivity index (χ3n) is 3.14. The van der Waals surface area contributed by atoms with Crippen LogP contribution in [0, 0.1) is 0 Å². The first-order valence-corrected chi connectivity index (χ1v) is 6.94. The molecule has 0 N–H and O–H groups in total. The standard InChI is InChI=1S/C15H16BrNO/c1-3-17(4-2)15(18)13-10-9-11-7-5-6-8-12(11)14(13)16/h5-10H,3-4H2,1-2H3. The Morgan fingerprint density at radius 2 is 1.78 bits per heavy atom. The quantitative estimate of drug-likeness (QED) is 0.836. The SMILES string of the molecule is CCN(CC)C(=O)c1ccc2ccccc2c1Br. The van der Waals surface area contributed by atoms with Crippen molar-refractivity contribution in [1.29, 1.82) is 0 Å². The third-order valence-corrected chi connectivity index (χ3v) is 4.00. The second-order valence-electron chi connectivity index (χ2n) is 4.13. The number of amides is 1. The molecule has 0 unspecified atom stereocenters. The normalized spacial score (nSPS) is 10.6. The van der Waals surface area contributed by atoms with Crippen LogP contribution in [0.4, 0.5) is 0 Å². The molecule has 0 fully saturated rings. The maximum atomic E-state index is 12.4. The molecule has 2 aromatic carbocycles. The molecule has 0 aromatic heterocycles. The molecule has 2 nitrogen and oxygen atoms in total. The Bertz CT molecular complexity index is 576. The predicted molar refractivity (Wildman–Crippen MR) is 78.9 cm³/mol. The van der Waals surface area contributed by atoms with Crippen molar-refractivity contribution < 1.29 is 4.79 Å². The van der Waals surface area contributed by atoms with Gasteiger partial charge in [-0.25, -0.2) is 0 Å². The lowest BCUT2D eigenvalue weighted by atomic mass is 10.1. The van der Waals surface area contributed by atoms with Gasteiger partial charge in [-0.2, -0.15) is 0 Å². The number of hydrogen-bond acceptors (Lipinski definition) is 1. The van der Waals surface area contributed by atoms with Crippen molar-refractivity contribution in [3.8, 4) is 0 Å². The van der Waals surface area contributed by atoms with Crippen LogP contribution in [0.3, 0.4) is 0 Å². The van der Waals surface area contributed by atoms with Gasteiger partial charge in [0.05, 0.1) is 5.56 Å². The van der Waals surface area contributed by atoms with Crippen molar-refractivity contribution in [2.45, 2.75) is 13.8 Å². The van der Waals surface area contributed by atoms with Crippen LogP contribution in [-0.4, -0.2) is 23.9 Å². The second kappa shape index (κ2) is 5.53. The average Bonchev–Trinajstić information content (AvgIpc) is 2.40. The van der Waals surface area contributed by atoms with E-state index in [1.54, 1.807) is 0 Å². The van der Waals surface area contributed by atoms with E-state index in [2.05, 4.69) is 15.9 Å². The molecule has 0 bridgehead atoms. The molecule has 0 atom stereocenters. The van der Waals surface area contributed by atoms with Crippen LogP contribution < -0.4 is 0 Å². The minimum atomic E-state index is 0.0811. The number of rotatable bonds is 3. The molecule has 3 heteroatoms. The first-order chi connectivity index (χ1) is 8.69. The van der Waals surface area contributed by atoms with Crippen molar-refractivity contribution in [3.63, 3.8) is 0 Å². The molecule has 0 saturated carbocycles. The Morgan fingerprint density at radius 1 is 1.11 bits per heavy atom. The minimum absolute atomic E-state index is 0.0811. The summed E-state index contributed by atoms with van der Waals surface area (Å²) >= 11 is 3.56. The molecule has 94 valence electrons. The molecule has 0 saturated heterocycles. The summed E-state index contributed by atoms with van der Waals surface area (Å²) in [6.45, 7) is 5.45. The zero-order valence-corrected chi connectivity index (χ0v) is 12.2. The summed E-state index contributed by atoms with van der Waals surface area (Å²) in [5, 5.41) is 2.22. The fraction of sp³-hybridized carbons (Fsp3) is 0.267. The molecular formula is C15H16BrNO. The van der Waals surface area contributed by atoms with Crippen molar-refractivity contribution in [2.75, 3.05) is 13.1 Å². The van der Waals surface area contributed by atoms with Crippen LogP contribution in [0.2, 0.25) is 0 Å². The Labute approximate surface area is 116 Å². The molecule has 0 aliphatic rings. The van der Waals surface area contributed by atoms with E-state index in [1.807, 2.05) is 55.1 Å². The average molecular weight is 306 g/mol. The summed E-state index contributed by atoms with van der Waals surface area (Å²) in [5.41, 5.74) is 0.734. The van der Waals surface area contributed by atoms with Crippen LogP contribution >= 0.6 is 15.9 Å². The number of hydrogen-bond donors (Lipinski definition) is 0. The van der Waals surface area contributed by atoms with E-state index in [0.717, 1.165) is 33.9 Å².